The van der Waals surface area contributed by atoms with Gasteiger partial charge in [0.1, 0.15) is 0 Å². The van der Waals surface area contributed by atoms with Crippen molar-refractivity contribution < 1.29 is 1.70 Å². The van der Waals surface area contributed by atoms with Crippen LogP contribution in [0, 0.1) is 0 Å². The van der Waals surface area contributed by atoms with Gasteiger partial charge in [-0.15, -0.1) is 0 Å². The second kappa shape index (κ2) is 2.06. The SMILES string of the molecule is [Br][Ag]([Br])([Br])([Br])([Br])[Br]. The van der Waals surface area contributed by atoms with Crippen LogP contribution in [0.5, 0.6) is 0 Å². The molecule has 0 aromatic heterocycles. The molecule has 0 aromatic rings. The normalized spacial score (nSPS) is 23.1. The Morgan fingerprint density at radius 2 is 0.571 bits per heavy atom. The van der Waals surface area contributed by atoms with Gasteiger partial charge >= 0.3 is 79.8 Å². The van der Waals surface area contributed by atoms with Crippen molar-refractivity contribution in [3.05, 3.63) is 0 Å². The van der Waals surface area contributed by atoms with E-state index in [1.807, 2.05) is 0 Å². The van der Waals surface area contributed by atoms with Crippen molar-refractivity contribution in [2.45, 2.75) is 0 Å². The van der Waals surface area contributed by atoms with Crippen LogP contribution >= 0.6 is 78.1 Å². The van der Waals surface area contributed by atoms with E-state index in [1.165, 1.54) is 0 Å². The van der Waals surface area contributed by atoms with Gasteiger partial charge in [0.05, 0.1) is 0 Å². The van der Waals surface area contributed by atoms with E-state index in [2.05, 4.69) is 78.1 Å². The third-order valence-electron chi connectivity index (χ3n) is 0. The Labute approximate surface area is 77.7 Å². The molecule has 0 radical (unpaired) electrons. The molecule has 0 N–H and O–H groups in total. The van der Waals surface area contributed by atoms with E-state index in [1.54, 1.807) is 0 Å². The molecule has 0 aromatic carbocycles. The fraction of sp³-hybridized carbons (Fsp3) is 0. The van der Waals surface area contributed by atoms with Crippen molar-refractivity contribution in [3.8, 4) is 0 Å². The minimum absolute atomic E-state index is 2.97. The molecule has 0 saturated carbocycles. The quantitative estimate of drug-likeness (QED) is 0.348. The summed E-state index contributed by atoms with van der Waals surface area (Å²) >= 11 is 19.9. The first kappa shape index (κ1) is 10.6. The molecule has 7 heteroatoms. The van der Waals surface area contributed by atoms with E-state index < -0.39 is 1.70 Å². The molecular weight excluding hydrogens is 587 g/mol. The van der Waals surface area contributed by atoms with Gasteiger partial charge in [-0.05, 0) is 0 Å². The van der Waals surface area contributed by atoms with Crippen LogP contribution < -0.4 is 0 Å². The molecule has 0 aliphatic carbocycles. The zero-order chi connectivity index (χ0) is 6.41. The van der Waals surface area contributed by atoms with Gasteiger partial charge in [-0.1, -0.05) is 0 Å². The standard InChI is InChI=1S/Ag.6BrH/h;6*1H/q+6;;;;;;/p-6. The average molecular weight is 587 g/mol. The zero-order valence-electron chi connectivity index (χ0n) is 2.57. The predicted octanol–water partition coefficient (Wildman–Crippen LogP) is 5.07. The molecule has 0 atom stereocenters. The van der Waals surface area contributed by atoms with Crippen molar-refractivity contribution in [2.24, 2.45) is 0 Å². The molecule has 7 heavy (non-hydrogen) atoms. The van der Waals surface area contributed by atoms with Gasteiger partial charge in [0.15, 0.2) is 0 Å². The first-order valence-electron chi connectivity index (χ1n) is 0.684. The second-order valence-corrected chi connectivity index (χ2v) is 103. The molecule has 0 bridgehead atoms. The Kier molecular flexibility index (Phi) is 3.13. The summed E-state index contributed by atoms with van der Waals surface area (Å²) in [4.78, 5) is 0. The number of rotatable bonds is 0. The summed E-state index contributed by atoms with van der Waals surface area (Å²) in [6, 6.07) is 0. The summed E-state index contributed by atoms with van der Waals surface area (Å²) in [6.07, 6.45) is 0. The molecule has 0 amide bonds. The Hall–Kier alpha value is 3.62. The van der Waals surface area contributed by atoms with Gasteiger partial charge in [0.2, 0.25) is 0 Å². The van der Waals surface area contributed by atoms with Gasteiger partial charge in [0, 0.05) is 0 Å². The van der Waals surface area contributed by atoms with Crippen LogP contribution in [0.2, 0.25) is 0 Å². The summed E-state index contributed by atoms with van der Waals surface area (Å²) in [7, 11) is 0. The summed E-state index contributed by atoms with van der Waals surface area (Å²) in [6.45, 7) is 0. The molecule has 0 nitrogen and oxygen atoms in total. The van der Waals surface area contributed by atoms with Gasteiger partial charge in [0.25, 0.3) is 0 Å². The number of hydrogen-bond donors (Lipinski definition) is 0. The molecule has 0 rings (SSSR count). The average Bonchev–Trinajstić information content (AvgIpc) is 0.592. The van der Waals surface area contributed by atoms with E-state index in [0.717, 1.165) is 0 Å². The van der Waals surface area contributed by atoms with Crippen LogP contribution in [-0.2, 0) is 1.70 Å². The van der Waals surface area contributed by atoms with E-state index in [4.69, 9.17) is 0 Å². The van der Waals surface area contributed by atoms with Crippen LogP contribution in [0.15, 0.2) is 0 Å². The third-order valence-corrected chi connectivity index (χ3v) is 0. The number of hydrogen-bond acceptors (Lipinski definition) is 0. The van der Waals surface area contributed by atoms with Crippen molar-refractivity contribution in [3.63, 3.8) is 0 Å². The fourth-order valence-electron chi connectivity index (χ4n) is 0. The van der Waals surface area contributed by atoms with Gasteiger partial charge < -0.3 is 0 Å². The topological polar surface area (TPSA) is 0 Å². The third kappa shape index (κ3) is 42.6. The molecule has 0 fully saturated rings. The summed E-state index contributed by atoms with van der Waals surface area (Å²) in [5, 5.41) is 0. The molecule has 0 unspecified atom stereocenters. The van der Waals surface area contributed by atoms with Crippen molar-refractivity contribution >= 4 is 78.1 Å². The van der Waals surface area contributed by atoms with Crippen molar-refractivity contribution in [1.29, 1.82) is 0 Å². The van der Waals surface area contributed by atoms with Crippen LogP contribution in [0.25, 0.3) is 0 Å². The molecule has 53 valence electrons. The Balaban J connectivity index is 4.43. The van der Waals surface area contributed by atoms with Crippen LogP contribution in [-0.4, -0.2) is 0 Å². The maximum atomic E-state index is 3.32. The van der Waals surface area contributed by atoms with Crippen molar-refractivity contribution in [2.75, 3.05) is 0 Å². The molecule has 0 heterocycles. The van der Waals surface area contributed by atoms with Crippen LogP contribution in [0.3, 0.4) is 0 Å². The van der Waals surface area contributed by atoms with Crippen LogP contribution in [0.1, 0.15) is 0 Å². The first-order valence-corrected chi connectivity index (χ1v) is 21.0. The summed E-state index contributed by atoms with van der Waals surface area (Å²) < 4.78 is -2.97. The fourth-order valence-corrected chi connectivity index (χ4v) is 0. The van der Waals surface area contributed by atoms with Crippen molar-refractivity contribution in [1.82, 2.24) is 0 Å². The molecule has 0 aliphatic rings. The molecule has 0 spiro atoms. The summed E-state index contributed by atoms with van der Waals surface area (Å²) in [5.41, 5.74) is 0. The predicted molar refractivity (Wildman–Crippen MR) is 53.6 cm³/mol. The summed E-state index contributed by atoms with van der Waals surface area (Å²) in [5.74, 6) is 0. The number of halogens is 6. The molecular formula is AgBr6. The van der Waals surface area contributed by atoms with Gasteiger partial charge in [-0.3, -0.25) is 0 Å². The Morgan fingerprint density at radius 1 is 0.571 bits per heavy atom. The van der Waals surface area contributed by atoms with Gasteiger partial charge in [-0.25, -0.2) is 0 Å². The molecule has 0 saturated heterocycles. The maximum absolute atomic E-state index is 3.32. The molecule has 0 aliphatic heterocycles. The van der Waals surface area contributed by atoms with Gasteiger partial charge in [-0.2, -0.15) is 0 Å². The minimum atomic E-state index is -2.97. The monoisotopic (exact) mass is 580 g/mol. The Morgan fingerprint density at radius 3 is 0.571 bits per heavy atom. The van der Waals surface area contributed by atoms with E-state index in [0.29, 0.717) is 0 Å². The van der Waals surface area contributed by atoms with E-state index in [9.17, 15) is 0 Å². The van der Waals surface area contributed by atoms with E-state index in [-0.39, 0.29) is 0 Å². The Bertz CT molecular complexity index is 62.7. The van der Waals surface area contributed by atoms with Crippen LogP contribution in [0.4, 0.5) is 0 Å². The van der Waals surface area contributed by atoms with E-state index >= 15 is 0 Å². The second-order valence-electron chi connectivity index (χ2n) is 0.646. The zero-order valence-corrected chi connectivity index (χ0v) is 13.6. The first-order chi connectivity index (χ1) is 2.45.